The molecule has 0 saturated heterocycles. The van der Waals surface area contributed by atoms with Crippen LogP contribution >= 0.6 is 0 Å². The Kier molecular flexibility index (Phi) is 3.65. The van der Waals surface area contributed by atoms with Gasteiger partial charge in [0.05, 0.1) is 0 Å². The molecule has 1 N–H and O–H groups in total. The van der Waals surface area contributed by atoms with Gasteiger partial charge in [0, 0.05) is 6.04 Å². The van der Waals surface area contributed by atoms with E-state index in [9.17, 15) is 0 Å². The largest absolute Gasteiger partial charge is 0.316 e. The summed E-state index contributed by atoms with van der Waals surface area (Å²) in [6.07, 6.45) is 5.44. The molecule has 1 nitrogen and oxygen atoms in total. The maximum Gasteiger partial charge on any atom is 0.0133 e. The van der Waals surface area contributed by atoms with E-state index in [1.165, 1.54) is 36.8 Å². The van der Waals surface area contributed by atoms with Crippen molar-refractivity contribution in [2.45, 2.75) is 51.5 Å². The Labute approximate surface area is 99.3 Å². The Balaban J connectivity index is 2.27. The lowest BCUT2D eigenvalue weighted by Crippen LogP contribution is -2.34. The average molecular weight is 217 g/mol. The van der Waals surface area contributed by atoms with E-state index in [-0.39, 0.29) is 0 Å². The standard InChI is InChI=1S/C15H23N/c1-11-8-9-13(12(2)10-11)14-6-4-5-7-15(14)16-3/h8-10,14-16H,4-7H2,1-3H3. The maximum absolute atomic E-state index is 3.49. The quantitative estimate of drug-likeness (QED) is 0.799. The van der Waals surface area contributed by atoms with Crippen LogP contribution in [-0.2, 0) is 0 Å². The third kappa shape index (κ3) is 2.30. The second-order valence-electron chi connectivity index (χ2n) is 5.15. The van der Waals surface area contributed by atoms with Gasteiger partial charge in [0.2, 0.25) is 0 Å². The van der Waals surface area contributed by atoms with Crippen molar-refractivity contribution in [1.82, 2.24) is 5.32 Å². The van der Waals surface area contributed by atoms with Crippen molar-refractivity contribution in [3.8, 4) is 0 Å². The first-order valence-electron chi connectivity index (χ1n) is 6.47. The van der Waals surface area contributed by atoms with Crippen molar-refractivity contribution in [2.24, 2.45) is 0 Å². The molecule has 1 heteroatoms. The predicted octanol–water partition coefficient (Wildman–Crippen LogP) is 3.55. The van der Waals surface area contributed by atoms with Crippen LogP contribution in [0.2, 0.25) is 0 Å². The van der Waals surface area contributed by atoms with Crippen molar-refractivity contribution in [1.29, 1.82) is 0 Å². The van der Waals surface area contributed by atoms with Gasteiger partial charge in [0.25, 0.3) is 0 Å². The van der Waals surface area contributed by atoms with E-state index in [0.29, 0.717) is 6.04 Å². The van der Waals surface area contributed by atoms with Crippen molar-refractivity contribution in [3.05, 3.63) is 34.9 Å². The zero-order valence-corrected chi connectivity index (χ0v) is 10.7. The Hall–Kier alpha value is -0.820. The van der Waals surface area contributed by atoms with Crippen molar-refractivity contribution >= 4 is 0 Å². The first kappa shape index (κ1) is 11.7. The van der Waals surface area contributed by atoms with Crippen LogP contribution in [0.4, 0.5) is 0 Å². The van der Waals surface area contributed by atoms with Gasteiger partial charge in [0.15, 0.2) is 0 Å². The van der Waals surface area contributed by atoms with Crippen LogP contribution in [0.25, 0.3) is 0 Å². The molecule has 1 aromatic rings. The van der Waals surface area contributed by atoms with Crippen LogP contribution in [0.1, 0.15) is 48.3 Å². The van der Waals surface area contributed by atoms with Gasteiger partial charge in [-0.15, -0.1) is 0 Å². The van der Waals surface area contributed by atoms with E-state index >= 15 is 0 Å². The molecule has 88 valence electrons. The molecule has 0 amide bonds. The first-order valence-corrected chi connectivity index (χ1v) is 6.47. The zero-order valence-electron chi connectivity index (χ0n) is 10.7. The summed E-state index contributed by atoms with van der Waals surface area (Å²) in [5, 5.41) is 3.49. The van der Waals surface area contributed by atoms with Crippen molar-refractivity contribution in [3.63, 3.8) is 0 Å². The topological polar surface area (TPSA) is 12.0 Å². The monoisotopic (exact) mass is 217 g/mol. The molecule has 1 fully saturated rings. The van der Waals surface area contributed by atoms with Crippen LogP contribution in [0.5, 0.6) is 0 Å². The molecule has 0 aromatic heterocycles. The minimum atomic E-state index is 0.676. The number of hydrogen-bond donors (Lipinski definition) is 1. The Bertz CT molecular complexity index is 356. The molecule has 1 saturated carbocycles. The number of aryl methyl sites for hydroxylation is 2. The van der Waals surface area contributed by atoms with Gasteiger partial charge in [-0.05, 0) is 50.8 Å². The smallest absolute Gasteiger partial charge is 0.0133 e. The fourth-order valence-corrected chi connectivity index (χ4v) is 3.09. The van der Waals surface area contributed by atoms with Crippen LogP contribution in [-0.4, -0.2) is 13.1 Å². The summed E-state index contributed by atoms with van der Waals surface area (Å²) in [4.78, 5) is 0. The highest BCUT2D eigenvalue weighted by Gasteiger charge is 2.25. The molecule has 0 heterocycles. The molecule has 16 heavy (non-hydrogen) atoms. The third-order valence-corrected chi connectivity index (χ3v) is 3.96. The number of likely N-dealkylation sites (N-methyl/N-ethyl adjacent to an activating group) is 1. The summed E-state index contributed by atoms with van der Waals surface area (Å²) < 4.78 is 0. The van der Waals surface area contributed by atoms with Gasteiger partial charge < -0.3 is 5.32 Å². The predicted molar refractivity (Wildman–Crippen MR) is 70.0 cm³/mol. The van der Waals surface area contributed by atoms with Gasteiger partial charge in [-0.3, -0.25) is 0 Å². The van der Waals surface area contributed by atoms with Gasteiger partial charge in [-0.25, -0.2) is 0 Å². The van der Waals surface area contributed by atoms with E-state index in [2.05, 4.69) is 44.4 Å². The number of nitrogens with one attached hydrogen (secondary N) is 1. The van der Waals surface area contributed by atoms with Gasteiger partial charge in [-0.2, -0.15) is 0 Å². The van der Waals surface area contributed by atoms with Crippen molar-refractivity contribution < 1.29 is 0 Å². The minimum Gasteiger partial charge on any atom is -0.316 e. The molecule has 0 aliphatic heterocycles. The van der Waals surface area contributed by atoms with Gasteiger partial charge in [0.1, 0.15) is 0 Å². The summed E-state index contributed by atoms with van der Waals surface area (Å²) in [6.45, 7) is 4.43. The SMILES string of the molecule is CNC1CCCCC1c1ccc(C)cc1C. The minimum absolute atomic E-state index is 0.676. The lowest BCUT2D eigenvalue weighted by atomic mass is 9.78. The van der Waals surface area contributed by atoms with Crippen LogP contribution in [0.15, 0.2) is 18.2 Å². The molecular formula is C15H23N. The van der Waals surface area contributed by atoms with E-state index in [1.807, 2.05) is 0 Å². The summed E-state index contributed by atoms with van der Waals surface area (Å²) in [5.74, 6) is 0.722. The molecule has 0 radical (unpaired) electrons. The lowest BCUT2D eigenvalue weighted by Gasteiger charge is -2.32. The molecular weight excluding hydrogens is 194 g/mol. The van der Waals surface area contributed by atoms with Crippen LogP contribution in [0, 0.1) is 13.8 Å². The molecule has 1 aliphatic carbocycles. The van der Waals surface area contributed by atoms with Crippen LogP contribution < -0.4 is 5.32 Å². The average Bonchev–Trinajstić information content (AvgIpc) is 2.29. The molecule has 2 rings (SSSR count). The molecule has 1 aromatic carbocycles. The Morgan fingerprint density at radius 3 is 2.56 bits per heavy atom. The Morgan fingerprint density at radius 1 is 1.12 bits per heavy atom. The van der Waals surface area contributed by atoms with Crippen LogP contribution in [0.3, 0.4) is 0 Å². The Morgan fingerprint density at radius 2 is 1.88 bits per heavy atom. The molecule has 0 bridgehead atoms. The summed E-state index contributed by atoms with van der Waals surface area (Å²) >= 11 is 0. The number of benzene rings is 1. The van der Waals surface area contributed by atoms with E-state index < -0.39 is 0 Å². The second-order valence-corrected chi connectivity index (χ2v) is 5.15. The van der Waals surface area contributed by atoms with E-state index in [4.69, 9.17) is 0 Å². The summed E-state index contributed by atoms with van der Waals surface area (Å²) in [7, 11) is 2.10. The summed E-state index contributed by atoms with van der Waals surface area (Å²) in [5.41, 5.74) is 4.40. The van der Waals surface area contributed by atoms with Gasteiger partial charge in [-0.1, -0.05) is 36.6 Å². The van der Waals surface area contributed by atoms with Gasteiger partial charge >= 0.3 is 0 Å². The first-order chi connectivity index (χ1) is 7.72. The lowest BCUT2D eigenvalue weighted by molar-refractivity contribution is 0.343. The fraction of sp³-hybridized carbons (Fsp3) is 0.600. The second kappa shape index (κ2) is 5.01. The van der Waals surface area contributed by atoms with E-state index in [1.54, 1.807) is 5.56 Å². The highest BCUT2D eigenvalue weighted by atomic mass is 14.9. The molecule has 2 atom stereocenters. The molecule has 2 unspecified atom stereocenters. The highest BCUT2D eigenvalue weighted by Crippen LogP contribution is 2.34. The maximum atomic E-state index is 3.49. The summed E-state index contributed by atoms with van der Waals surface area (Å²) in [6, 6.07) is 7.58. The zero-order chi connectivity index (χ0) is 11.5. The number of hydrogen-bond acceptors (Lipinski definition) is 1. The normalized spacial score (nSPS) is 25.7. The van der Waals surface area contributed by atoms with Crippen molar-refractivity contribution in [2.75, 3.05) is 7.05 Å². The number of rotatable bonds is 2. The fourth-order valence-electron chi connectivity index (χ4n) is 3.09. The highest BCUT2D eigenvalue weighted by molar-refractivity contribution is 5.34. The van der Waals surface area contributed by atoms with E-state index in [0.717, 1.165) is 5.92 Å². The molecule has 1 aliphatic rings. The third-order valence-electron chi connectivity index (χ3n) is 3.96. The molecule has 0 spiro atoms.